The van der Waals surface area contributed by atoms with Gasteiger partial charge in [0.05, 0.1) is 0 Å². The van der Waals surface area contributed by atoms with E-state index in [0.717, 1.165) is 58.5 Å². The number of imide groups is 1. The second-order valence-corrected chi connectivity index (χ2v) is 7.15. The molecule has 3 fully saturated rings. The maximum atomic E-state index is 12.4. The van der Waals surface area contributed by atoms with E-state index in [-0.39, 0.29) is 17.9 Å². The Labute approximate surface area is 132 Å². The van der Waals surface area contributed by atoms with Crippen LogP contribution in [0.4, 0.5) is 4.79 Å². The van der Waals surface area contributed by atoms with E-state index >= 15 is 0 Å². The van der Waals surface area contributed by atoms with E-state index < -0.39 is 5.54 Å². The van der Waals surface area contributed by atoms with E-state index in [1.54, 1.807) is 7.05 Å². The summed E-state index contributed by atoms with van der Waals surface area (Å²) in [5, 5.41) is 2.91. The van der Waals surface area contributed by atoms with Gasteiger partial charge in [0, 0.05) is 39.3 Å². The average Bonchev–Trinajstić information content (AvgIpc) is 2.73. The molecule has 3 saturated heterocycles. The van der Waals surface area contributed by atoms with Gasteiger partial charge in [0.15, 0.2) is 0 Å². The summed E-state index contributed by atoms with van der Waals surface area (Å²) in [5.74, 6) is 0.815. The van der Waals surface area contributed by atoms with Gasteiger partial charge in [0.1, 0.15) is 5.54 Å². The molecular formula is C16H27N3O3. The summed E-state index contributed by atoms with van der Waals surface area (Å²) in [4.78, 5) is 27.9. The van der Waals surface area contributed by atoms with Crippen LogP contribution < -0.4 is 5.32 Å². The van der Waals surface area contributed by atoms with Gasteiger partial charge in [-0.2, -0.15) is 0 Å². The SMILES string of the molecule is CN1C(=O)N[C@](C)([C@H]2CCCN(CC3CCOCC3)C2)C1=O. The van der Waals surface area contributed by atoms with Crippen LogP contribution in [0, 0.1) is 11.8 Å². The van der Waals surface area contributed by atoms with Crippen LogP contribution in [0.25, 0.3) is 0 Å². The Balaban J connectivity index is 1.62. The fourth-order valence-corrected chi connectivity index (χ4v) is 4.06. The lowest BCUT2D eigenvalue weighted by atomic mass is 9.79. The molecule has 3 aliphatic rings. The van der Waals surface area contributed by atoms with E-state index in [1.807, 2.05) is 6.92 Å². The quantitative estimate of drug-likeness (QED) is 0.792. The number of nitrogens with zero attached hydrogens (tertiary/aromatic N) is 2. The van der Waals surface area contributed by atoms with Crippen LogP contribution in [0.15, 0.2) is 0 Å². The monoisotopic (exact) mass is 309 g/mol. The summed E-state index contributed by atoms with van der Waals surface area (Å²) >= 11 is 0. The van der Waals surface area contributed by atoms with Gasteiger partial charge < -0.3 is 15.0 Å². The second kappa shape index (κ2) is 6.16. The Hall–Kier alpha value is -1.14. The molecule has 0 unspecified atom stereocenters. The van der Waals surface area contributed by atoms with Gasteiger partial charge in [-0.3, -0.25) is 9.69 Å². The number of hydrogen-bond acceptors (Lipinski definition) is 4. The molecule has 3 aliphatic heterocycles. The van der Waals surface area contributed by atoms with Gasteiger partial charge in [0.2, 0.25) is 0 Å². The molecule has 0 aromatic heterocycles. The number of amides is 3. The molecule has 22 heavy (non-hydrogen) atoms. The van der Waals surface area contributed by atoms with Crippen LogP contribution in [0.5, 0.6) is 0 Å². The maximum Gasteiger partial charge on any atom is 0.324 e. The van der Waals surface area contributed by atoms with Crippen LogP contribution in [0.1, 0.15) is 32.6 Å². The zero-order valence-corrected chi connectivity index (χ0v) is 13.6. The molecule has 1 N–H and O–H groups in total. The molecule has 2 atom stereocenters. The number of nitrogens with one attached hydrogen (secondary N) is 1. The van der Waals surface area contributed by atoms with Gasteiger partial charge in [-0.15, -0.1) is 0 Å². The van der Waals surface area contributed by atoms with Crippen LogP contribution in [0.2, 0.25) is 0 Å². The highest BCUT2D eigenvalue weighted by Gasteiger charge is 2.51. The number of piperidine rings is 1. The molecular weight excluding hydrogens is 282 g/mol. The normalized spacial score (nSPS) is 35.0. The lowest BCUT2D eigenvalue weighted by Gasteiger charge is -2.41. The van der Waals surface area contributed by atoms with Crippen molar-refractivity contribution in [3.8, 4) is 0 Å². The maximum absolute atomic E-state index is 12.4. The summed E-state index contributed by atoms with van der Waals surface area (Å²) < 4.78 is 5.43. The Kier molecular flexibility index (Phi) is 4.41. The van der Waals surface area contributed by atoms with Crippen molar-refractivity contribution in [3.05, 3.63) is 0 Å². The van der Waals surface area contributed by atoms with Crippen LogP contribution in [0.3, 0.4) is 0 Å². The number of ether oxygens (including phenoxy) is 1. The van der Waals surface area contributed by atoms with E-state index in [4.69, 9.17) is 4.74 Å². The minimum absolute atomic E-state index is 0.0876. The molecule has 3 rings (SSSR count). The summed E-state index contributed by atoms with van der Waals surface area (Å²) in [6, 6.07) is -0.269. The second-order valence-electron chi connectivity index (χ2n) is 7.15. The van der Waals surface area contributed by atoms with Crippen molar-refractivity contribution >= 4 is 11.9 Å². The van der Waals surface area contributed by atoms with Crippen molar-refractivity contribution in [2.24, 2.45) is 11.8 Å². The van der Waals surface area contributed by atoms with Crippen LogP contribution in [-0.4, -0.2) is 67.2 Å². The third-order valence-electron chi connectivity index (χ3n) is 5.60. The minimum atomic E-state index is -0.736. The van der Waals surface area contributed by atoms with Crippen molar-refractivity contribution in [2.45, 2.75) is 38.1 Å². The first kappa shape index (κ1) is 15.7. The molecule has 0 saturated carbocycles. The molecule has 6 nitrogen and oxygen atoms in total. The lowest BCUT2D eigenvalue weighted by Crippen LogP contribution is -2.56. The molecule has 3 amide bonds. The number of hydrogen-bond donors (Lipinski definition) is 1. The molecule has 6 heteroatoms. The Morgan fingerprint density at radius 1 is 1.27 bits per heavy atom. The van der Waals surface area contributed by atoms with Crippen molar-refractivity contribution in [1.29, 1.82) is 0 Å². The highest BCUT2D eigenvalue weighted by atomic mass is 16.5. The number of carbonyl (C=O) groups is 2. The minimum Gasteiger partial charge on any atom is -0.381 e. The Morgan fingerprint density at radius 2 is 2.00 bits per heavy atom. The van der Waals surface area contributed by atoms with Gasteiger partial charge in [-0.05, 0) is 45.1 Å². The highest BCUT2D eigenvalue weighted by Crippen LogP contribution is 2.32. The standard InChI is InChI=1S/C16H27N3O3/c1-16(14(20)18(2)15(21)17-16)13-4-3-7-19(11-13)10-12-5-8-22-9-6-12/h12-13H,3-11H2,1-2H3,(H,17,21)/t13-,16+/m0/s1. The van der Waals surface area contributed by atoms with Gasteiger partial charge in [0.25, 0.3) is 5.91 Å². The zero-order valence-electron chi connectivity index (χ0n) is 13.6. The first-order valence-corrected chi connectivity index (χ1v) is 8.41. The van der Waals surface area contributed by atoms with Gasteiger partial charge >= 0.3 is 6.03 Å². The predicted molar refractivity (Wildman–Crippen MR) is 82.4 cm³/mol. The topological polar surface area (TPSA) is 61.9 Å². The van der Waals surface area contributed by atoms with Gasteiger partial charge in [-0.1, -0.05) is 0 Å². The Bertz CT molecular complexity index is 450. The third-order valence-corrected chi connectivity index (χ3v) is 5.60. The van der Waals surface area contributed by atoms with Crippen LogP contribution >= 0.6 is 0 Å². The fraction of sp³-hybridized carbons (Fsp3) is 0.875. The van der Waals surface area contributed by atoms with E-state index in [9.17, 15) is 9.59 Å². The molecule has 0 aromatic carbocycles. The molecule has 3 heterocycles. The summed E-state index contributed by atoms with van der Waals surface area (Å²) in [5.41, 5.74) is -0.736. The lowest BCUT2D eigenvalue weighted by molar-refractivity contribution is -0.132. The van der Waals surface area contributed by atoms with E-state index in [1.165, 1.54) is 4.90 Å². The number of likely N-dealkylation sites (N-methyl/N-ethyl adjacent to an activating group) is 1. The molecule has 0 spiro atoms. The number of carbonyl (C=O) groups excluding carboxylic acids is 2. The third kappa shape index (κ3) is 2.86. The zero-order chi connectivity index (χ0) is 15.7. The van der Waals surface area contributed by atoms with Crippen LogP contribution in [-0.2, 0) is 9.53 Å². The van der Waals surface area contributed by atoms with E-state index in [0.29, 0.717) is 5.92 Å². The predicted octanol–water partition coefficient (Wildman–Crippen LogP) is 1.07. The molecule has 0 aliphatic carbocycles. The highest BCUT2D eigenvalue weighted by molar-refractivity contribution is 6.06. The molecule has 0 aromatic rings. The largest absolute Gasteiger partial charge is 0.381 e. The summed E-state index contributed by atoms with van der Waals surface area (Å²) in [7, 11) is 1.56. The molecule has 0 radical (unpaired) electrons. The number of rotatable bonds is 3. The van der Waals surface area contributed by atoms with Gasteiger partial charge in [-0.25, -0.2) is 4.79 Å². The fourth-order valence-electron chi connectivity index (χ4n) is 4.06. The van der Waals surface area contributed by atoms with E-state index in [2.05, 4.69) is 10.2 Å². The smallest absolute Gasteiger partial charge is 0.324 e. The average molecular weight is 309 g/mol. The number of likely N-dealkylation sites (tertiary alicyclic amines) is 1. The molecule has 0 bridgehead atoms. The Morgan fingerprint density at radius 3 is 2.64 bits per heavy atom. The van der Waals surface area contributed by atoms with Crippen molar-refractivity contribution in [2.75, 3.05) is 39.9 Å². The summed E-state index contributed by atoms with van der Waals surface area (Å²) in [6.07, 6.45) is 4.37. The molecule has 124 valence electrons. The van der Waals surface area contributed by atoms with Crippen molar-refractivity contribution < 1.29 is 14.3 Å². The van der Waals surface area contributed by atoms with Crippen molar-refractivity contribution in [1.82, 2.24) is 15.1 Å². The first-order chi connectivity index (χ1) is 10.5. The number of urea groups is 1. The summed E-state index contributed by atoms with van der Waals surface area (Å²) in [6.45, 7) is 6.72. The van der Waals surface area contributed by atoms with Crippen molar-refractivity contribution in [3.63, 3.8) is 0 Å². The first-order valence-electron chi connectivity index (χ1n) is 8.41.